The average Bonchev–Trinajstić information content (AvgIpc) is 2.57. The molecule has 0 atom stereocenters. The van der Waals surface area contributed by atoms with Gasteiger partial charge in [0.1, 0.15) is 0 Å². The van der Waals surface area contributed by atoms with Gasteiger partial charge in [0.15, 0.2) is 0 Å². The molecule has 22 heavy (non-hydrogen) atoms. The molecule has 0 bridgehead atoms. The molecule has 0 nitrogen and oxygen atoms in total. The van der Waals surface area contributed by atoms with Crippen molar-refractivity contribution >= 4 is 0 Å². The molecule has 0 saturated carbocycles. The Morgan fingerprint density at radius 1 is 0.636 bits per heavy atom. The molecular weight excluding hydrogens is 264 g/mol. The first-order valence-corrected chi connectivity index (χ1v) is 7.54. The summed E-state index contributed by atoms with van der Waals surface area (Å²) in [5, 5.41) is 0. The molecule has 0 aliphatic heterocycles. The predicted octanol–water partition coefficient (Wildman–Crippen LogP) is 6.52. The maximum Gasteiger partial charge on any atom is -0.0178 e. The Labute approximate surface area is 133 Å². The van der Waals surface area contributed by atoms with Gasteiger partial charge in [0.25, 0.3) is 0 Å². The van der Waals surface area contributed by atoms with E-state index in [0.29, 0.717) is 0 Å². The summed E-state index contributed by atoms with van der Waals surface area (Å²) >= 11 is 0. The highest BCUT2D eigenvalue weighted by atomic mass is 14.1. The molecule has 0 fully saturated rings. The number of benzene rings is 3. The molecule has 0 saturated heterocycles. The molecule has 0 N–H and O–H groups in total. The topological polar surface area (TPSA) is 0 Å². The van der Waals surface area contributed by atoms with Crippen molar-refractivity contribution in [1.29, 1.82) is 0 Å². The van der Waals surface area contributed by atoms with Gasteiger partial charge >= 0.3 is 0 Å². The fraction of sp³-hybridized carbons (Fsp3) is 0.0909. The predicted molar refractivity (Wildman–Crippen MR) is 97.9 cm³/mol. The van der Waals surface area contributed by atoms with Crippen molar-refractivity contribution in [1.82, 2.24) is 0 Å². The van der Waals surface area contributed by atoms with Gasteiger partial charge in [-0.3, -0.25) is 0 Å². The molecule has 0 amide bonds. The van der Waals surface area contributed by atoms with Crippen LogP contribution in [-0.4, -0.2) is 0 Å². The van der Waals surface area contributed by atoms with E-state index < -0.39 is 0 Å². The van der Waals surface area contributed by atoms with Crippen molar-refractivity contribution in [3.63, 3.8) is 0 Å². The summed E-state index contributed by atoms with van der Waals surface area (Å²) in [6.07, 6.45) is 1.75. The molecular formula is C22H22. The average molecular weight is 286 g/mol. The number of hydrogen-bond donors (Lipinski definition) is 0. The minimum Gasteiger partial charge on any atom is -0.103 e. The highest BCUT2D eigenvalue weighted by molar-refractivity contribution is 5.73. The highest BCUT2D eigenvalue weighted by Crippen LogP contribution is 2.26. The van der Waals surface area contributed by atoms with Gasteiger partial charge in [-0.1, -0.05) is 84.4 Å². The summed E-state index contributed by atoms with van der Waals surface area (Å²) in [5.41, 5.74) is 6.35. The Bertz CT molecular complexity index is 707. The third-order valence-electron chi connectivity index (χ3n) is 3.35. The lowest BCUT2D eigenvalue weighted by Crippen LogP contribution is -1.81. The number of allylic oxidation sites excluding steroid dienone is 1. The lowest BCUT2D eigenvalue weighted by molar-refractivity contribution is 1.47. The minimum absolute atomic E-state index is 1.26. The largest absolute Gasteiger partial charge is 0.103 e. The highest BCUT2D eigenvalue weighted by Gasteiger charge is 2.00. The van der Waals surface area contributed by atoms with E-state index in [1.54, 1.807) is 6.08 Å². The van der Waals surface area contributed by atoms with Crippen molar-refractivity contribution in [2.24, 2.45) is 0 Å². The molecule has 3 aromatic rings. The van der Waals surface area contributed by atoms with Crippen molar-refractivity contribution in [2.45, 2.75) is 13.8 Å². The third kappa shape index (κ3) is 4.20. The van der Waals surface area contributed by atoms with Crippen molar-refractivity contribution in [3.05, 3.63) is 97.1 Å². The Morgan fingerprint density at radius 2 is 1.09 bits per heavy atom. The standard InChI is InChI=1S/C19H16.C3H6/c1-15-10-12-17(13-11-15)19-9-5-8-18(14-19)16-6-3-2-4-7-16;1-3-2/h2-14H,1H3;3H,1H2,2H3. The minimum atomic E-state index is 1.26. The van der Waals surface area contributed by atoms with Crippen LogP contribution in [0, 0.1) is 6.92 Å². The fourth-order valence-electron chi connectivity index (χ4n) is 2.25. The van der Waals surface area contributed by atoms with E-state index in [1.807, 2.05) is 13.0 Å². The normalized spacial score (nSPS) is 9.55. The first-order chi connectivity index (χ1) is 10.7. The van der Waals surface area contributed by atoms with Crippen LogP contribution < -0.4 is 0 Å². The molecule has 3 rings (SSSR count). The second-order valence-corrected chi connectivity index (χ2v) is 5.22. The molecule has 0 heteroatoms. The van der Waals surface area contributed by atoms with Gasteiger partial charge in [0, 0.05) is 0 Å². The van der Waals surface area contributed by atoms with E-state index in [4.69, 9.17) is 0 Å². The maximum atomic E-state index is 3.36. The second-order valence-electron chi connectivity index (χ2n) is 5.22. The van der Waals surface area contributed by atoms with Crippen LogP contribution in [0.2, 0.25) is 0 Å². The first kappa shape index (κ1) is 15.8. The smallest absolute Gasteiger partial charge is 0.0178 e. The summed E-state index contributed by atoms with van der Waals surface area (Å²) in [4.78, 5) is 0. The van der Waals surface area contributed by atoms with Crippen LogP contribution in [-0.2, 0) is 0 Å². The molecule has 0 unspecified atom stereocenters. The zero-order valence-corrected chi connectivity index (χ0v) is 13.3. The Kier molecular flexibility index (Phi) is 5.73. The lowest BCUT2D eigenvalue weighted by atomic mass is 9.99. The monoisotopic (exact) mass is 286 g/mol. The summed E-state index contributed by atoms with van der Waals surface area (Å²) in [6, 6.07) is 27.9. The van der Waals surface area contributed by atoms with Gasteiger partial charge in [-0.05, 0) is 42.2 Å². The quantitative estimate of drug-likeness (QED) is 0.470. The van der Waals surface area contributed by atoms with Crippen LogP contribution in [0.15, 0.2) is 91.5 Å². The molecule has 0 heterocycles. The van der Waals surface area contributed by atoms with E-state index >= 15 is 0 Å². The van der Waals surface area contributed by atoms with Crippen molar-refractivity contribution < 1.29 is 0 Å². The summed E-state index contributed by atoms with van der Waals surface area (Å²) in [5.74, 6) is 0. The molecule has 0 aliphatic rings. The van der Waals surface area contributed by atoms with Gasteiger partial charge in [-0.15, -0.1) is 6.58 Å². The third-order valence-corrected chi connectivity index (χ3v) is 3.35. The van der Waals surface area contributed by atoms with Crippen LogP contribution in [0.1, 0.15) is 12.5 Å². The van der Waals surface area contributed by atoms with Gasteiger partial charge in [0.2, 0.25) is 0 Å². The molecule has 0 spiro atoms. The second kappa shape index (κ2) is 7.99. The molecule has 110 valence electrons. The first-order valence-electron chi connectivity index (χ1n) is 7.54. The fourth-order valence-corrected chi connectivity index (χ4v) is 2.25. The van der Waals surface area contributed by atoms with E-state index in [-0.39, 0.29) is 0 Å². The van der Waals surface area contributed by atoms with E-state index in [1.165, 1.54) is 27.8 Å². The van der Waals surface area contributed by atoms with E-state index in [0.717, 1.165) is 0 Å². The summed E-state index contributed by atoms with van der Waals surface area (Å²) in [7, 11) is 0. The Balaban J connectivity index is 0.000000545. The summed E-state index contributed by atoms with van der Waals surface area (Å²) in [6.45, 7) is 7.37. The van der Waals surface area contributed by atoms with E-state index in [2.05, 4.69) is 86.3 Å². The van der Waals surface area contributed by atoms with Crippen LogP contribution in [0.5, 0.6) is 0 Å². The van der Waals surface area contributed by atoms with E-state index in [9.17, 15) is 0 Å². The molecule has 0 aromatic heterocycles. The van der Waals surface area contributed by atoms with Crippen LogP contribution in [0.4, 0.5) is 0 Å². The Morgan fingerprint density at radius 3 is 1.64 bits per heavy atom. The SMILES string of the molecule is C=CC.Cc1ccc(-c2cccc(-c3ccccc3)c2)cc1. The molecule has 0 radical (unpaired) electrons. The van der Waals surface area contributed by atoms with Crippen molar-refractivity contribution in [3.8, 4) is 22.3 Å². The van der Waals surface area contributed by atoms with Gasteiger partial charge in [-0.2, -0.15) is 0 Å². The van der Waals surface area contributed by atoms with Crippen LogP contribution >= 0.6 is 0 Å². The molecule has 0 aliphatic carbocycles. The molecule has 3 aromatic carbocycles. The van der Waals surface area contributed by atoms with Crippen LogP contribution in [0.25, 0.3) is 22.3 Å². The number of hydrogen-bond acceptors (Lipinski definition) is 0. The lowest BCUT2D eigenvalue weighted by Gasteiger charge is -2.06. The summed E-state index contributed by atoms with van der Waals surface area (Å²) < 4.78 is 0. The number of rotatable bonds is 2. The van der Waals surface area contributed by atoms with Crippen LogP contribution in [0.3, 0.4) is 0 Å². The van der Waals surface area contributed by atoms with Crippen molar-refractivity contribution in [2.75, 3.05) is 0 Å². The van der Waals surface area contributed by atoms with Gasteiger partial charge in [-0.25, -0.2) is 0 Å². The zero-order valence-electron chi connectivity index (χ0n) is 13.3. The zero-order chi connectivity index (χ0) is 15.8. The van der Waals surface area contributed by atoms with Gasteiger partial charge < -0.3 is 0 Å². The Hall–Kier alpha value is -2.60. The number of aryl methyl sites for hydroxylation is 1. The maximum absolute atomic E-state index is 3.36. The van der Waals surface area contributed by atoms with Gasteiger partial charge in [0.05, 0.1) is 0 Å².